The van der Waals surface area contributed by atoms with Crippen molar-refractivity contribution in [2.24, 2.45) is 0 Å². The molecule has 1 aromatic carbocycles. The first-order valence-corrected chi connectivity index (χ1v) is 8.51. The summed E-state index contributed by atoms with van der Waals surface area (Å²) in [5, 5.41) is 4.08. The third-order valence-electron chi connectivity index (χ3n) is 3.84. The molecule has 4 nitrogen and oxygen atoms in total. The summed E-state index contributed by atoms with van der Waals surface area (Å²) in [5.74, 6) is 7.97. The van der Waals surface area contributed by atoms with Gasteiger partial charge >= 0.3 is 0 Å². The molecule has 0 unspecified atom stereocenters. The molecule has 25 heavy (non-hydrogen) atoms. The smallest absolute Gasteiger partial charge is 0.227 e. The molecule has 126 valence electrons. The largest absolute Gasteiger partial charge is 0.339 e. The van der Waals surface area contributed by atoms with Gasteiger partial charge in [-0.3, -0.25) is 0 Å². The van der Waals surface area contributed by atoms with E-state index in [1.807, 2.05) is 18.2 Å². The van der Waals surface area contributed by atoms with Crippen LogP contribution in [0.2, 0.25) is 0 Å². The zero-order chi connectivity index (χ0) is 17.5. The van der Waals surface area contributed by atoms with Crippen molar-refractivity contribution in [1.29, 1.82) is 0 Å². The number of hydrogen-bond acceptors (Lipinski definition) is 4. The molecular formula is C21H21N3O. The van der Waals surface area contributed by atoms with E-state index < -0.39 is 0 Å². The lowest BCUT2D eigenvalue weighted by atomic mass is 10.00. The normalized spacial score (nSPS) is 10.5. The molecule has 0 N–H and O–H groups in total. The Morgan fingerprint density at radius 2 is 2.04 bits per heavy atom. The van der Waals surface area contributed by atoms with Crippen LogP contribution < -0.4 is 0 Å². The predicted octanol–water partition coefficient (Wildman–Crippen LogP) is 4.16. The van der Waals surface area contributed by atoms with Gasteiger partial charge in [0.05, 0.1) is 0 Å². The molecule has 3 aromatic rings. The minimum atomic E-state index is 0.512. The van der Waals surface area contributed by atoms with Crippen molar-refractivity contribution < 1.29 is 4.52 Å². The molecule has 3 rings (SSSR count). The highest BCUT2D eigenvalue weighted by Crippen LogP contribution is 2.17. The molecule has 0 aliphatic heterocycles. The van der Waals surface area contributed by atoms with Crippen LogP contribution in [0.1, 0.15) is 54.7 Å². The van der Waals surface area contributed by atoms with Gasteiger partial charge in [-0.05, 0) is 35.1 Å². The quantitative estimate of drug-likeness (QED) is 0.659. The summed E-state index contributed by atoms with van der Waals surface area (Å²) in [6.45, 7) is 4.38. The number of aryl methyl sites for hydroxylation is 1. The first-order valence-electron chi connectivity index (χ1n) is 8.51. The number of rotatable bonds is 5. The van der Waals surface area contributed by atoms with Crippen LogP contribution in [0, 0.1) is 11.8 Å². The summed E-state index contributed by atoms with van der Waals surface area (Å²) in [4.78, 5) is 8.63. The fourth-order valence-electron chi connectivity index (χ4n) is 2.47. The van der Waals surface area contributed by atoms with E-state index in [0.29, 0.717) is 36.9 Å². The second kappa shape index (κ2) is 8.25. The maximum Gasteiger partial charge on any atom is 0.227 e. The minimum Gasteiger partial charge on any atom is -0.339 e. The van der Waals surface area contributed by atoms with Gasteiger partial charge in [-0.15, -0.1) is 0 Å². The molecule has 0 bridgehead atoms. The van der Waals surface area contributed by atoms with Crippen LogP contribution >= 0.6 is 0 Å². The number of aromatic nitrogens is 3. The van der Waals surface area contributed by atoms with E-state index in [4.69, 9.17) is 4.52 Å². The van der Waals surface area contributed by atoms with Gasteiger partial charge in [0, 0.05) is 25.5 Å². The van der Waals surface area contributed by atoms with E-state index in [2.05, 4.69) is 65.1 Å². The third kappa shape index (κ3) is 5.02. The van der Waals surface area contributed by atoms with Crippen LogP contribution in [0.4, 0.5) is 0 Å². The molecule has 0 fully saturated rings. The molecule has 0 radical (unpaired) electrons. The van der Waals surface area contributed by atoms with E-state index >= 15 is 0 Å². The Bertz CT molecular complexity index is 873. The predicted molar refractivity (Wildman–Crippen MR) is 97.1 cm³/mol. The van der Waals surface area contributed by atoms with E-state index in [9.17, 15) is 0 Å². The Labute approximate surface area is 148 Å². The molecule has 0 atom stereocenters. The van der Waals surface area contributed by atoms with Crippen molar-refractivity contribution in [3.05, 3.63) is 77.2 Å². The summed E-state index contributed by atoms with van der Waals surface area (Å²) >= 11 is 0. The molecule has 2 heterocycles. The van der Waals surface area contributed by atoms with Crippen molar-refractivity contribution >= 4 is 0 Å². The van der Waals surface area contributed by atoms with E-state index in [1.54, 1.807) is 6.20 Å². The number of pyridine rings is 1. The first-order chi connectivity index (χ1) is 12.2. The summed E-state index contributed by atoms with van der Waals surface area (Å²) < 4.78 is 5.32. The van der Waals surface area contributed by atoms with Crippen LogP contribution in [0.3, 0.4) is 0 Å². The molecular weight excluding hydrogens is 310 g/mol. The molecule has 0 amide bonds. The molecule has 0 saturated carbocycles. The van der Waals surface area contributed by atoms with Crippen molar-refractivity contribution in [2.45, 2.75) is 39.0 Å². The second-order valence-corrected chi connectivity index (χ2v) is 6.20. The Morgan fingerprint density at radius 1 is 1.12 bits per heavy atom. The van der Waals surface area contributed by atoms with Crippen LogP contribution in [0.5, 0.6) is 0 Å². The fourth-order valence-corrected chi connectivity index (χ4v) is 2.47. The van der Waals surface area contributed by atoms with Crippen LogP contribution in [0.25, 0.3) is 0 Å². The monoisotopic (exact) mass is 331 g/mol. The van der Waals surface area contributed by atoms with Gasteiger partial charge in [0.15, 0.2) is 5.82 Å². The van der Waals surface area contributed by atoms with E-state index in [1.165, 1.54) is 11.1 Å². The average Bonchev–Trinajstić information content (AvgIpc) is 3.07. The SMILES string of the molecule is CC(C)c1cccc(Cc2noc(CCC#Cc3ccccn3)n2)c1. The second-order valence-electron chi connectivity index (χ2n) is 6.20. The Morgan fingerprint density at radius 3 is 2.84 bits per heavy atom. The summed E-state index contributed by atoms with van der Waals surface area (Å²) in [7, 11) is 0. The Hall–Kier alpha value is -2.93. The van der Waals surface area contributed by atoms with Crippen LogP contribution in [0.15, 0.2) is 53.2 Å². The third-order valence-corrected chi connectivity index (χ3v) is 3.84. The molecule has 0 spiro atoms. The van der Waals surface area contributed by atoms with Crippen molar-refractivity contribution in [2.75, 3.05) is 0 Å². The van der Waals surface area contributed by atoms with Gasteiger partial charge in [-0.2, -0.15) is 4.98 Å². The van der Waals surface area contributed by atoms with E-state index in [-0.39, 0.29) is 0 Å². The zero-order valence-electron chi connectivity index (χ0n) is 14.6. The highest BCUT2D eigenvalue weighted by molar-refractivity contribution is 5.28. The molecule has 0 aliphatic rings. The first kappa shape index (κ1) is 16.9. The Balaban J connectivity index is 1.56. The standard InChI is InChI=1S/C21H21N3O/c1-16(2)18-9-7-8-17(14-18)15-20-23-21(25-24-20)12-4-3-10-19-11-5-6-13-22-19/h5-9,11,13-14,16H,4,12,15H2,1-2H3. The average molecular weight is 331 g/mol. The zero-order valence-corrected chi connectivity index (χ0v) is 14.6. The maximum absolute atomic E-state index is 5.32. The van der Waals surface area contributed by atoms with Gasteiger partial charge in [-0.25, -0.2) is 4.98 Å². The van der Waals surface area contributed by atoms with Gasteiger partial charge in [-0.1, -0.05) is 55.3 Å². The highest BCUT2D eigenvalue weighted by atomic mass is 16.5. The maximum atomic E-state index is 5.32. The van der Waals surface area contributed by atoms with Gasteiger partial charge in [0.25, 0.3) is 0 Å². The summed E-state index contributed by atoms with van der Waals surface area (Å²) in [6.07, 6.45) is 3.74. The number of benzene rings is 1. The van der Waals surface area contributed by atoms with Crippen molar-refractivity contribution in [3.8, 4) is 11.8 Å². The number of hydrogen-bond donors (Lipinski definition) is 0. The van der Waals surface area contributed by atoms with Crippen LogP contribution in [-0.2, 0) is 12.8 Å². The van der Waals surface area contributed by atoms with Crippen LogP contribution in [-0.4, -0.2) is 15.1 Å². The molecule has 4 heteroatoms. The van der Waals surface area contributed by atoms with Gasteiger partial charge < -0.3 is 4.52 Å². The lowest BCUT2D eigenvalue weighted by Gasteiger charge is -2.06. The summed E-state index contributed by atoms with van der Waals surface area (Å²) in [6, 6.07) is 14.2. The molecule has 2 aromatic heterocycles. The highest BCUT2D eigenvalue weighted by Gasteiger charge is 2.08. The lowest BCUT2D eigenvalue weighted by molar-refractivity contribution is 0.375. The number of nitrogens with zero attached hydrogens (tertiary/aromatic N) is 3. The lowest BCUT2D eigenvalue weighted by Crippen LogP contribution is -1.94. The topological polar surface area (TPSA) is 51.8 Å². The minimum absolute atomic E-state index is 0.512. The van der Waals surface area contributed by atoms with Gasteiger partial charge in [0.2, 0.25) is 5.89 Å². The van der Waals surface area contributed by atoms with Crippen molar-refractivity contribution in [1.82, 2.24) is 15.1 Å². The summed E-state index contributed by atoms with van der Waals surface area (Å²) in [5.41, 5.74) is 3.30. The molecule has 0 saturated heterocycles. The Kier molecular flexibility index (Phi) is 5.58. The molecule has 0 aliphatic carbocycles. The van der Waals surface area contributed by atoms with Gasteiger partial charge in [0.1, 0.15) is 5.69 Å². The fraction of sp³-hybridized carbons (Fsp3) is 0.286. The van der Waals surface area contributed by atoms with Crippen molar-refractivity contribution in [3.63, 3.8) is 0 Å². The van der Waals surface area contributed by atoms with E-state index in [0.717, 1.165) is 5.69 Å².